The Balaban J connectivity index is 2.04. The van der Waals surface area contributed by atoms with E-state index in [1.165, 1.54) is 13.2 Å². The zero-order valence-corrected chi connectivity index (χ0v) is 12.2. The highest BCUT2D eigenvalue weighted by atomic mass is 16.5. The molecule has 1 aromatic carbocycles. The van der Waals surface area contributed by atoms with Crippen LogP contribution in [0.4, 0.5) is 0 Å². The van der Waals surface area contributed by atoms with Crippen LogP contribution in [-0.2, 0) is 11.3 Å². The van der Waals surface area contributed by atoms with E-state index in [-0.39, 0.29) is 11.4 Å². The van der Waals surface area contributed by atoms with Crippen molar-refractivity contribution in [2.24, 2.45) is 0 Å². The van der Waals surface area contributed by atoms with Crippen molar-refractivity contribution in [1.82, 2.24) is 15.3 Å². The monoisotopic (exact) mass is 301 g/mol. The molecular formula is C15H15N3O4. The van der Waals surface area contributed by atoms with Crippen LogP contribution in [-0.4, -0.2) is 36.1 Å². The molecule has 7 nitrogen and oxygen atoms in total. The minimum absolute atomic E-state index is 0.0315. The predicted molar refractivity (Wildman–Crippen MR) is 77.5 cm³/mol. The van der Waals surface area contributed by atoms with Crippen molar-refractivity contribution in [1.29, 1.82) is 0 Å². The van der Waals surface area contributed by atoms with Gasteiger partial charge in [0.15, 0.2) is 5.69 Å². The highest BCUT2D eigenvalue weighted by molar-refractivity contribution is 5.95. The molecule has 0 fully saturated rings. The minimum atomic E-state index is -0.621. The van der Waals surface area contributed by atoms with Gasteiger partial charge < -0.3 is 14.8 Å². The number of hydrogen-bond donors (Lipinski definition) is 1. The first-order valence-corrected chi connectivity index (χ1v) is 6.45. The van der Waals surface area contributed by atoms with Crippen LogP contribution in [0.1, 0.15) is 26.5 Å². The number of methoxy groups -OCH3 is 2. The van der Waals surface area contributed by atoms with E-state index in [1.54, 1.807) is 7.11 Å². The lowest BCUT2D eigenvalue weighted by atomic mass is 10.2. The second-order valence-electron chi connectivity index (χ2n) is 4.31. The Morgan fingerprint density at radius 1 is 1.14 bits per heavy atom. The molecular weight excluding hydrogens is 286 g/mol. The van der Waals surface area contributed by atoms with Crippen molar-refractivity contribution in [3.8, 4) is 5.75 Å². The molecule has 1 amide bonds. The third-order valence-corrected chi connectivity index (χ3v) is 2.88. The fraction of sp³-hybridized carbons (Fsp3) is 0.200. The molecule has 0 saturated heterocycles. The summed E-state index contributed by atoms with van der Waals surface area (Å²) < 4.78 is 9.67. The number of aromatic nitrogens is 2. The van der Waals surface area contributed by atoms with Gasteiger partial charge in [0, 0.05) is 12.6 Å². The summed E-state index contributed by atoms with van der Waals surface area (Å²) in [4.78, 5) is 31.0. The van der Waals surface area contributed by atoms with Gasteiger partial charge in [-0.1, -0.05) is 12.1 Å². The average molecular weight is 301 g/mol. The molecule has 22 heavy (non-hydrogen) atoms. The Morgan fingerprint density at radius 2 is 1.91 bits per heavy atom. The van der Waals surface area contributed by atoms with Crippen LogP contribution in [0.25, 0.3) is 0 Å². The SMILES string of the molecule is COC(=O)c1cc(C(=O)NCc2cccc(OC)c2)ncn1. The molecule has 1 heterocycles. The van der Waals surface area contributed by atoms with Crippen molar-refractivity contribution in [2.75, 3.05) is 14.2 Å². The van der Waals surface area contributed by atoms with Gasteiger partial charge in [-0.05, 0) is 17.7 Å². The van der Waals surface area contributed by atoms with Crippen molar-refractivity contribution in [3.63, 3.8) is 0 Å². The molecule has 1 N–H and O–H groups in total. The molecule has 0 bridgehead atoms. The first-order valence-electron chi connectivity index (χ1n) is 6.45. The van der Waals surface area contributed by atoms with Gasteiger partial charge in [-0.3, -0.25) is 4.79 Å². The van der Waals surface area contributed by atoms with Crippen molar-refractivity contribution < 1.29 is 19.1 Å². The smallest absolute Gasteiger partial charge is 0.356 e. The van der Waals surface area contributed by atoms with E-state index >= 15 is 0 Å². The van der Waals surface area contributed by atoms with Gasteiger partial charge in [0.1, 0.15) is 17.8 Å². The van der Waals surface area contributed by atoms with Crippen molar-refractivity contribution >= 4 is 11.9 Å². The molecule has 1 aromatic heterocycles. The van der Waals surface area contributed by atoms with Gasteiger partial charge >= 0.3 is 5.97 Å². The Bertz CT molecular complexity index is 688. The maximum atomic E-state index is 12.1. The van der Waals surface area contributed by atoms with Crippen LogP contribution in [0.2, 0.25) is 0 Å². The molecule has 0 aliphatic heterocycles. The third-order valence-electron chi connectivity index (χ3n) is 2.88. The Labute approximate surface area is 127 Å². The topological polar surface area (TPSA) is 90.4 Å². The third kappa shape index (κ3) is 3.78. The fourth-order valence-electron chi connectivity index (χ4n) is 1.75. The molecule has 0 radical (unpaired) electrons. The number of nitrogens with zero attached hydrogens (tertiary/aromatic N) is 2. The molecule has 2 rings (SSSR count). The first-order chi connectivity index (χ1) is 10.6. The second-order valence-corrected chi connectivity index (χ2v) is 4.31. The lowest BCUT2D eigenvalue weighted by Crippen LogP contribution is -2.24. The number of carbonyl (C=O) groups excluding carboxylic acids is 2. The van der Waals surface area contributed by atoms with Crippen molar-refractivity contribution in [2.45, 2.75) is 6.54 Å². The summed E-state index contributed by atoms with van der Waals surface area (Å²) in [5.41, 5.74) is 1.01. The number of rotatable bonds is 5. The van der Waals surface area contributed by atoms with Crippen LogP contribution < -0.4 is 10.1 Å². The Kier molecular flexibility index (Phi) is 5.02. The highest BCUT2D eigenvalue weighted by Gasteiger charge is 2.13. The summed E-state index contributed by atoms with van der Waals surface area (Å²) in [6.07, 6.45) is 1.15. The van der Waals surface area contributed by atoms with Crippen LogP contribution >= 0.6 is 0 Å². The molecule has 0 aliphatic rings. The Morgan fingerprint density at radius 3 is 2.64 bits per heavy atom. The normalized spacial score (nSPS) is 9.91. The van der Waals surface area contributed by atoms with Crippen LogP contribution in [0.15, 0.2) is 36.7 Å². The number of carbonyl (C=O) groups is 2. The summed E-state index contributed by atoms with van der Waals surface area (Å²) in [5, 5.41) is 2.71. The average Bonchev–Trinajstić information content (AvgIpc) is 2.59. The van der Waals surface area contributed by atoms with Gasteiger partial charge in [0.2, 0.25) is 0 Å². The summed E-state index contributed by atoms with van der Waals surface area (Å²) in [6, 6.07) is 8.62. The number of amides is 1. The maximum absolute atomic E-state index is 12.1. The van der Waals surface area contributed by atoms with E-state index in [0.717, 1.165) is 11.9 Å². The number of nitrogens with one attached hydrogen (secondary N) is 1. The fourth-order valence-corrected chi connectivity index (χ4v) is 1.75. The van der Waals surface area contributed by atoms with Gasteiger partial charge in [-0.2, -0.15) is 0 Å². The van der Waals surface area contributed by atoms with E-state index in [4.69, 9.17) is 4.74 Å². The van der Waals surface area contributed by atoms with E-state index < -0.39 is 11.9 Å². The zero-order valence-electron chi connectivity index (χ0n) is 12.2. The summed E-state index contributed by atoms with van der Waals surface area (Å²) in [5.74, 6) is -0.318. The van der Waals surface area contributed by atoms with Crippen LogP contribution in [0.3, 0.4) is 0 Å². The van der Waals surface area contributed by atoms with Crippen molar-refractivity contribution in [3.05, 3.63) is 53.6 Å². The molecule has 0 spiro atoms. The van der Waals surface area contributed by atoms with Gasteiger partial charge in [0.05, 0.1) is 14.2 Å². The van der Waals surface area contributed by atoms with E-state index in [9.17, 15) is 9.59 Å². The summed E-state index contributed by atoms with van der Waals surface area (Å²) in [6.45, 7) is 0.313. The maximum Gasteiger partial charge on any atom is 0.356 e. The number of hydrogen-bond acceptors (Lipinski definition) is 6. The van der Waals surface area contributed by atoms with Gasteiger partial charge in [-0.25, -0.2) is 14.8 Å². The molecule has 0 atom stereocenters. The van der Waals surface area contributed by atoms with Gasteiger partial charge in [-0.15, -0.1) is 0 Å². The number of ether oxygens (including phenoxy) is 2. The predicted octanol–water partition coefficient (Wildman–Crippen LogP) is 1.20. The summed E-state index contributed by atoms with van der Waals surface area (Å²) >= 11 is 0. The first kappa shape index (κ1) is 15.4. The molecule has 114 valence electrons. The Hall–Kier alpha value is -2.96. The standard InChI is InChI=1S/C15H15N3O4/c1-21-11-5-3-4-10(6-11)8-16-14(19)12-7-13(15(20)22-2)18-9-17-12/h3-7,9H,8H2,1-2H3,(H,16,19). The second kappa shape index (κ2) is 7.16. The van der Waals surface area contributed by atoms with E-state index in [0.29, 0.717) is 12.3 Å². The molecule has 7 heteroatoms. The van der Waals surface area contributed by atoms with Crippen LogP contribution in [0, 0.1) is 0 Å². The van der Waals surface area contributed by atoms with E-state index in [2.05, 4.69) is 20.0 Å². The number of benzene rings is 1. The molecule has 0 unspecified atom stereocenters. The lowest BCUT2D eigenvalue weighted by molar-refractivity contribution is 0.0593. The summed E-state index contributed by atoms with van der Waals surface area (Å²) in [7, 11) is 2.82. The minimum Gasteiger partial charge on any atom is -0.497 e. The van der Waals surface area contributed by atoms with Crippen LogP contribution in [0.5, 0.6) is 5.75 Å². The molecule has 0 saturated carbocycles. The largest absolute Gasteiger partial charge is 0.497 e. The van der Waals surface area contributed by atoms with E-state index in [1.807, 2.05) is 24.3 Å². The molecule has 0 aliphatic carbocycles. The highest BCUT2D eigenvalue weighted by Crippen LogP contribution is 2.12. The molecule has 2 aromatic rings. The lowest BCUT2D eigenvalue weighted by Gasteiger charge is -2.07. The number of esters is 1. The quantitative estimate of drug-likeness (QED) is 0.835. The zero-order chi connectivity index (χ0) is 15.9. The van der Waals surface area contributed by atoms with Gasteiger partial charge in [0.25, 0.3) is 5.91 Å².